The summed E-state index contributed by atoms with van der Waals surface area (Å²) in [4.78, 5) is 23.3. The first-order valence-corrected chi connectivity index (χ1v) is 10.8. The average Bonchev–Trinajstić information content (AvgIpc) is 2.41. The molecule has 10 heteroatoms. The molecular weight excluding hydrogens is 357 g/mol. The zero-order chi connectivity index (χ0) is 17.7. The average molecular weight is 378 g/mol. The predicted octanol–water partition coefficient (Wildman–Crippen LogP) is 3.08. The zero-order valence-electron chi connectivity index (χ0n) is 12.9. The summed E-state index contributed by atoms with van der Waals surface area (Å²) in [6, 6.07) is 0. The van der Waals surface area contributed by atoms with Crippen molar-refractivity contribution in [1.29, 1.82) is 0 Å². The molecule has 0 spiro atoms. The zero-order valence-corrected chi connectivity index (χ0v) is 14.5. The van der Waals surface area contributed by atoms with Gasteiger partial charge in [-0.05, 0) is 6.42 Å². The topological polar surface area (TPSA) is 77.5 Å². The normalized spacial score (nSPS) is 20.3. The quantitative estimate of drug-likeness (QED) is 0.479. The van der Waals surface area contributed by atoms with Crippen LogP contribution in [0.3, 0.4) is 0 Å². The molecule has 0 amide bonds. The number of hydrogen-bond donors (Lipinski definition) is 0. The molecule has 0 N–H and O–H groups in total. The highest BCUT2D eigenvalue weighted by Gasteiger charge is 2.51. The lowest BCUT2D eigenvalue weighted by Gasteiger charge is -2.40. The molecule has 1 rings (SSSR count). The Balaban J connectivity index is 2.87. The number of Topliss-reactive ketones (excluding diaryl/α,β-unsaturated/α-hetero) is 2. The number of carbonyl (C=O) groups excluding carboxylic acids is 2. The van der Waals surface area contributed by atoms with E-state index in [0.717, 1.165) is 12.8 Å². The highest BCUT2D eigenvalue weighted by molar-refractivity contribution is 8.33. The summed E-state index contributed by atoms with van der Waals surface area (Å²) in [5, 5.41) is 0. The summed E-state index contributed by atoms with van der Waals surface area (Å²) >= 11 is 0. The molecule has 1 fully saturated rings. The molecule has 1 heterocycles. The van der Waals surface area contributed by atoms with Crippen molar-refractivity contribution in [2.75, 3.05) is 17.3 Å². The number of carbonyl (C=O) groups is 2. The van der Waals surface area contributed by atoms with E-state index in [1.165, 1.54) is 0 Å². The van der Waals surface area contributed by atoms with Gasteiger partial charge in [0.25, 0.3) is 0 Å². The number of unbranched alkanes of at least 4 members (excludes halogenated alkanes) is 2. The van der Waals surface area contributed by atoms with Crippen LogP contribution in [-0.4, -0.2) is 42.8 Å². The van der Waals surface area contributed by atoms with Crippen molar-refractivity contribution >= 4 is 32.0 Å². The molecule has 1 saturated heterocycles. The molecule has 1 aliphatic rings. The fraction of sp³-hybridized carbons (Fsp3) is 0.846. The number of alkyl halides is 3. The second-order valence-corrected chi connectivity index (χ2v) is 10.5. The monoisotopic (exact) mass is 378 g/mol. The molecule has 0 unspecified atom stereocenters. The van der Waals surface area contributed by atoms with Crippen LogP contribution in [0.4, 0.5) is 13.2 Å². The summed E-state index contributed by atoms with van der Waals surface area (Å²) < 4.78 is 64.9. The van der Waals surface area contributed by atoms with Gasteiger partial charge in [0.05, 0.1) is 5.75 Å². The molecule has 1 aliphatic heterocycles. The highest BCUT2D eigenvalue weighted by Crippen LogP contribution is 2.55. The van der Waals surface area contributed by atoms with E-state index < -0.39 is 25.9 Å². The third-order valence-electron chi connectivity index (χ3n) is 3.51. The maximum Gasteiger partial charge on any atom is 0.523 e. The van der Waals surface area contributed by atoms with E-state index in [9.17, 15) is 31.2 Å². The molecule has 5 nitrogen and oxygen atoms in total. The van der Waals surface area contributed by atoms with Crippen LogP contribution in [-0.2, 0) is 23.3 Å². The summed E-state index contributed by atoms with van der Waals surface area (Å²) in [7, 11) is -8.56. The van der Waals surface area contributed by atoms with E-state index in [-0.39, 0.29) is 48.1 Å². The molecule has 0 saturated carbocycles. The first-order valence-electron chi connectivity index (χ1n) is 7.33. The van der Waals surface area contributed by atoms with Crippen LogP contribution in [0.15, 0.2) is 0 Å². The molecule has 0 aromatic heterocycles. The molecule has 0 aliphatic carbocycles. The lowest BCUT2D eigenvalue weighted by atomic mass is 10.2. The van der Waals surface area contributed by atoms with Gasteiger partial charge in [-0.15, -0.1) is 10.3 Å². The Morgan fingerprint density at radius 1 is 1.22 bits per heavy atom. The fourth-order valence-electron chi connectivity index (χ4n) is 2.23. The van der Waals surface area contributed by atoms with Crippen molar-refractivity contribution in [1.82, 2.24) is 0 Å². The van der Waals surface area contributed by atoms with Gasteiger partial charge in [-0.3, -0.25) is 9.59 Å². The van der Waals surface area contributed by atoms with Gasteiger partial charge in [0, 0.05) is 30.8 Å². The van der Waals surface area contributed by atoms with Crippen molar-refractivity contribution in [2.45, 2.75) is 51.0 Å². The molecule has 0 aromatic carbocycles. The number of rotatable bonds is 8. The third kappa shape index (κ3) is 6.07. The molecule has 23 heavy (non-hydrogen) atoms. The van der Waals surface area contributed by atoms with Gasteiger partial charge >= 0.3 is 15.6 Å². The Morgan fingerprint density at radius 2 is 1.78 bits per heavy atom. The van der Waals surface area contributed by atoms with Gasteiger partial charge in [0.2, 0.25) is 0 Å². The lowest BCUT2D eigenvalue weighted by molar-refractivity contribution is -0.119. The van der Waals surface area contributed by atoms with E-state index >= 15 is 0 Å². The largest absolute Gasteiger partial charge is 0.523 e. The van der Waals surface area contributed by atoms with Crippen LogP contribution in [0, 0.1) is 0 Å². The van der Waals surface area contributed by atoms with Crippen molar-refractivity contribution in [2.24, 2.45) is 0 Å². The number of hydrogen-bond acceptors (Lipinski definition) is 5. The minimum absolute atomic E-state index is 0.0506. The van der Waals surface area contributed by atoms with Gasteiger partial charge < -0.3 is 0 Å². The van der Waals surface area contributed by atoms with Gasteiger partial charge in [-0.25, -0.2) is 3.63 Å². The Labute approximate surface area is 135 Å². The fourth-order valence-corrected chi connectivity index (χ4v) is 7.22. The van der Waals surface area contributed by atoms with Crippen molar-refractivity contribution in [3.05, 3.63) is 0 Å². The van der Waals surface area contributed by atoms with Crippen LogP contribution in [0.25, 0.3) is 0 Å². The van der Waals surface area contributed by atoms with Gasteiger partial charge in [0.1, 0.15) is 11.6 Å². The van der Waals surface area contributed by atoms with Gasteiger partial charge in [0.15, 0.2) is 0 Å². The van der Waals surface area contributed by atoms with E-state index in [1.54, 1.807) is 0 Å². The first kappa shape index (κ1) is 20.4. The minimum atomic E-state index is -5.77. The van der Waals surface area contributed by atoms with E-state index in [1.807, 2.05) is 6.92 Å². The Hall–Kier alpha value is -0.610. The summed E-state index contributed by atoms with van der Waals surface area (Å²) in [5.41, 5.74) is -5.53. The maximum absolute atomic E-state index is 12.6. The molecular formula is C13H21F3O5S2. The predicted molar refractivity (Wildman–Crippen MR) is 81.6 cm³/mol. The molecule has 0 atom stereocenters. The van der Waals surface area contributed by atoms with E-state index in [2.05, 4.69) is 3.63 Å². The molecule has 136 valence electrons. The Kier molecular flexibility index (Phi) is 7.09. The lowest BCUT2D eigenvalue weighted by Crippen LogP contribution is -2.34. The highest BCUT2D eigenvalue weighted by atomic mass is 32.3. The number of halogens is 3. The summed E-state index contributed by atoms with van der Waals surface area (Å²) in [6.45, 7) is 1.95. The van der Waals surface area contributed by atoms with Crippen molar-refractivity contribution in [3.63, 3.8) is 0 Å². The van der Waals surface area contributed by atoms with E-state index in [0.29, 0.717) is 6.42 Å². The van der Waals surface area contributed by atoms with Gasteiger partial charge in [-0.1, -0.05) is 19.8 Å². The standard InChI is InChI=1S/C13H21F3O5S2/c1-2-3-4-5-12(18)10-22(8-6-11(17)7-9-22)21-23(19,20)13(14,15)16/h2-10H2,1H3. The summed E-state index contributed by atoms with van der Waals surface area (Å²) in [6.07, 6.45) is 2.39. The Bertz CT molecular complexity index is 532. The first-order chi connectivity index (χ1) is 10.5. The minimum Gasteiger partial charge on any atom is -0.300 e. The van der Waals surface area contributed by atoms with Crippen LogP contribution in [0.2, 0.25) is 0 Å². The maximum atomic E-state index is 12.6. The van der Waals surface area contributed by atoms with Crippen LogP contribution in [0.1, 0.15) is 45.4 Å². The second kappa shape index (κ2) is 7.98. The van der Waals surface area contributed by atoms with Gasteiger partial charge in [-0.2, -0.15) is 21.6 Å². The SMILES string of the molecule is CCCCCC(=O)CS1(OS(=O)(=O)C(F)(F)F)CCC(=O)CC1. The van der Waals surface area contributed by atoms with Crippen LogP contribution >= 0.6 is 10.3 Å². The summed E-state index contributed by atoms with van der Waals surface area (Å²) in [5.74, 6) is -1.01. The smallest absolute Gasteiger partial charge is 0.300 e. The Morgan fingerprint density at radius 3 is 2.26 bits per heavy atom. The second-order valence-electron chi connectivity index (χ2n) is 5.52. The molecule has 0 radical (unpaired) electrons. The molecule has 0 bridgehead atoms. The third-order valence-corrected chi connectivity index (χ3v) is 8.69. The van der Waals surface area contributed by atoms with Crippen LogP contribution in [0.5, 0.6) is 0 Å². The van der Waals surface area contributed by atoms with E-state index in [4.69, 9.17) is 0 Å². The van der Waals surface area contributed by atoms with Crippen LogP contribution < -0.4 is 0 Å². The number of ketones is 2. The molecule has 0 aromatic rings. The van der Waals surface area contributed by atoms with Crippen molar-refractivity contribution < 1.29 is 34.8 Å². The van der Waals surface area contributed by atoms with Crippen molar-refractivity contribution in [3.8, 4) is 0 Å².